The van der Waals surface area contributed by atoms with Crippen LogP contribution in [0, 0.1) is 5.82 Å². The van der Waals surface area contributed by atoms with Gasteiger partial charge in [-0.05, 0) is 43.0 Å². The Morgan fingerprint density at radius 2 is 2.00 bits per heavy atom. The van der Waals surface area contributed by atoms with Crippen LogP contribution >= 0.6 is 0 Å². The van der Waals surface area contributed by atoms with Crippen LogP contribution in [0.25, 0.3) is 0 Å². The molecular weight excluding hydrogens is 409 g/mol. The van der Waals surface area contributed by atoms with E-state index in [9.17, 15) is 17.6 Å². The fourth-order valence-corrected chi connectivity index (χ4v) is 5.04. The Labute approximate surface area is 174 Å². The van der Waals surface area contributed by atoms with E-state index in [4.69, 9.17) is 10.5 Å². The smallest absolute Gasteiger partial charge is 0.259 e. The molecule has 2 aliphatic heterocycles. The van der Waals surface area contributed by atoms with E-state index in [0.717, 1.165) is 19.3 Å². The maximum atomic E-state index is 14.1. The number of amides is 1. The molecule has 0 spiro atoms. The van der Waals surface area contributed by atoms with E-state index in [1.807, 2.05) is 0 Å². The molecule has 1 fully saturated rings. The summed E-state index contributed by atoms with van der Waals surface area (Å²) in [6.45, 7) is 0.715. The van der Waals surface area contributed by atoms with E-state index < -0.39 is 15.8 Å². The molecule has 0 radical (unpaired) electrons. The van der Waals surface area contributed by atoms with E-state index in [1.54, 1.807) is 35.2 Å². The third-order valence-electron chi connectivity index (χ3n) is 5.37. The van der Waals surface area contributed by atoms with Crippen molar-refractivity contribution in [3.05, 3.63) is 65.0 Å². The lowest BCUT2D eigenvalue weighted by molar-refractivity contribution is 0.0523. The molecule has 1 amide bonds. The van der Waals surface area contributed by atoms with Crippen LogP contribution in [-0.2, 0) is 15.8 Å². The Hall–Kier alpha value is -2.94. The SMILES string of the molecule is NC1=NS(=O)(=O)Cc2cccc(OC[C@H]3CCCCN3C(=O)c3ccccc3F)c21. The summed E-state index contributed by atoms with van der Waals surface area (Å²) >= 11 is 0. The first kappa shape index (κ1) is 20.3. The molecule has 9 heteroatoms. The number of halogens is 1. The number of rotatable bonds is 4. The third-order valence-corrected chi connectivity index (χ3v) is 6.52. The summed E-state index contributed by atoms with van der Waals surface area (Å²) in [4.78, 5) is 14.6. The van der Waals surface area contributed by atoms with Crippen molar-refractivity contribution < 1.29 is 22.3 Å². The maximum Gasteiger partial charge on any atom is 0.259 e. The van der Waals surface area contributed by atoms with Gasteiger partial charge >= 0.3 is 0 Å². The molecule has 0 aromatic heterocycles. The monoisotopic (exact) mass is 431 g/mol. The summed E-state index contributed by atoms with van der Waals surface area (Å²) in [5.41, 5.74) is 6.93. The van der Waals surface area contributed by atoms with Gasteiger partial charge < -0.3 is 15.4 Å². The van der Waals surface area contributed by atoms with Crippen LogP contribution in [0.15, 0.2) is 46.9 Å². The summed E-state index contributed by atoms with van der Waals surface area (Å²) in [7, 11) is -3.63. The molecule has 0 unspecified atom stereocenters. The van der Waals surface area contributed by atoms with Crippen LogP contribution in [0.3, 0.4) is 0 Å². The molecule has 1 saturated heterocycles. The predicted molar refractivity (Wildman–Crippen MR) is 110 cm³/mol. The van der Waals surface area contributed by atoms with Crippen molar-refractivity contribution in [2.45, 2.75) is 31.1 Å². The Morgan fingerprint density at radius 1 is 1.20 bits per heavy atom. The molecule has 2 N–H and O–H groups in total. The van der Waals surface area contributed by atoms with Gasteiger partial charge in [0.2, 0.25) is 0 Å². The van der Waals surface area contributed by atoms with Gasteiger partial charge in [-0.3, -0.25) is 4.79 Å². The fraction of sp³-hybridized carbons (Fsp3) is 0.333. The van der Waals surface area contributed by atoms with Crippen LogP contribution < -0.4 is 10.5 Å². The molecule has 2 aliphatic rings. The highest BCUT2D eigenvalue weighted by Crippen LogP contribution is 2.29. The van der Waals surface area contributed by atoms with Gasteiger partial charge in [-0.25, -0.2) is 12.8 Å². The number of likely N-dealkylation sites (tertiary alicyclic amines) is 1. The zero-order valence-electron chi connectivity index (χ0n) is 16.3. The van der Waals surface area contributed by atoms with E-state index in [-0.39, 0.29) is 35.7 Å². The molecule has 1 atom stereocenters. The predicted octanol–water partition coefficient (Wildman–Crippen LogP) is 2.45. The average molecular weight is 431 g/mol. The van der Waals surface area contributed by atoms with Crippen LogP contribution in [0.4, 0.5) is 4.39 Å². The topological polar surface area (TPSA) is 102 Å². The first-order chi connectivity index (χ1) is 14.4. The summed E-state index contributed by atoms with van der Waals surface area (Å²) in [5.74, 6) is -0.817. The first-order valence-electron chi connectivity index (χ1n) is 9.74. The van der Waals surface area contributed by atoms with Crippen molar-refractivity contribution in [2.75, 3.05) is 13.2 Å². The van der Waals surface area contributed by atoms with E-state index >= 15 is 0 Å². The quantitative estimate of drug-likeness (QED) is 0.801. The number of amidine groups is 1. The van der Waals surface area contributed by atoms with Gasteiger partial charge in [-0.2, -0.15) is 0 Å². The van der Waals surface area contributed by atoms with Crippen LogP contribution in [-0.4, -0.2) is 44.3 Å². The standard InChI is InChI=1S/C21H22FN3O4S/c22-17-9-2-1-8-16(17)21(26)25-11-4-3-7-15(25)12-29-18-10-5-6-14-13-30(27,28)24-20(23)19(14)18/h1-2,5-6,8-10,15H,3-4,7,11-13H2,(H2,23,24)/t15-/m1/s1. The second-order valence-electron chi connectivity index (χ2n) is 7.43. The zero-order valence-corrected chi connectivity index (χ0v) is 17.1. The summed E-state index contributed by atoms with van der Waals surface area (Å²) < 4.78 is 47.4. The number of hydrogen-bond donors (Lipinski definition) is 1. The van der Waals surface area contributed by atoms with Crippen molar-refractivity contribution in [2.24, 2.45) is 10.1 Å². The number of piperidine rings is 1. The molecule has 7 nitrogen and oxygen atoms in total. The van der Waals surface area contributed by atoms with E-state index in [1.165, 1.54) is 12.1 Å². The molecule has 158 valence electrons. The van der Waals surface area contributed by atoms with E-state index in [2.05, 4.69) is 4.40 Å². The van der Waals surface area contributed by atoms with Gasteiger partial charge in [0, 0.05) is 6.54 Å². The lowest BCUT2D eigenvalue weighted by Crippen LogP contribution is -2.47. The second kappa shape index (κ2) is 8.06. The molecular formula is C21H22FN3O4S. The molecule has 0 saturated carbocycles. The minimum absolute atomic E-state index is 0.0445. The Balaban J connectivity index is 1.55. The van der Waals surface area contributed by atoms with Gasteiger partial charge in [0.15, 0.2) is 0 Å². The van der Waals surface area contributed by atoms with Gasteiger partial charge in [-0.1, -0.05) is 24.3 Å². The summed E-state index contributed by atoms with van der Waals surface area (Å²) in [6, 6.07) is 10.8. The Bertz CT molecular complexity index is 1120. The molecule has 0 aliphatic carbocycles. The lowest BCUT2D eigenvalue weighted by atomic mass is 10.0. The highest BCUT2D eigenvalue weighted by Gasteiger charge is 2.30. The third kappa shape index (κ3) is 4.02. The number of nitrogens with zero attached hydrogens (tertiary/aromatic N) is 2. The molecule has 2 aromatic carbocycles. The molecule has 30 heavy (non-hydrogen) atoms. The normalized spacial score (nSPS) is 20.2. The molecule has 0 bridgehead atoms. The second-order valence-corrected chi connectivity index (χ2v) is 9.07. The van der Waals surface area contributed by atoms with E-state index in [0.29, 0.717) is 23.4 Å². The highest BCUT2D eigenvalue weighted by atomic mass is 32.2. The van der Waals surface area contributed by atoms with Crippen molar-refractivity contribution in [3.63, 3.8) is 0 Å². The number of ether oxygens (including phenoxy) is 1. The Morgan fingerprint density at radius 3 is 2.80 bits per heavy atom. The van der Waals surface area contributed by atoms with Crippen molar-refractivity contribution in [1.82, 2.24) is 4.90 Å². The van der Waals surface area contributed by atoms with Crippen LogP contribution in [0.5, 0.6) is 5.75 Å². The minimum Gasteiger partial charge on any atom is -0.491 e. The summed E-state index contributed by atoms with van der Waals surface area (Å²) in [6.07, 6.45) is 2.51. The van der Waals surface area contributed by atoms with Crippen molar-refractivity contribution in [3.8, 4) is 5.75 Å². The maximum absolute atomic E-state index is 14.1. The Kier molecular flexibility index (Phi) is 5.46. The fourth-order valence-electron chi connectivity index (χ4n) is 3.95. The minimum atomic E-state index is -3.63. The molecule has 4 rings (SSSR count). The number of carbonyl (C=O) groups excluding carboxylic acids is 1. The number of fused-ring (bicyclic) bond motifs is 1. The summed E-state index contributed by atoms with van der Waals surface area (Å²) in [5, 5.41) is 0. The van der Waals surface area contributed by atoms with Gasteiger partial charge in [0.1, 0.15) is 24.0 Å². The largest absolute Gasteiger partial charge is 0.491 e. The number of sulfonamides is 1. The van der Waals surface area contributed by atoms with Crippen LogP contribution in [0.2, 0.25) is 0 Å². The van der Waals surface area contributed by atoms with Crippen molar-refractivity contribution >= 4 is 21.8 Å². The van der Waals surface area contributed by atoms with Gasteiger partial charge in [0.05, 0.1) is 22.9 Å². The first-order valence-corrected chi connectivity index (χ1v) is 11.4. The number of hydrogen-bond acceptors (Lipinski definition) is 5. The number of carbonyl (C=O) groups is 1. The average Bonchev–Trinajstić information content (AvgIpc) is 2.71. The van der Waals surface area contributed by atoms with Gasteiger partial charge in [-0.15, -0.1) is 4.40 Å². The number of benzene rings is 2. The van der Waals surface area contributed by atoms with Crippen LogP contribution in [0.1, 0.15) is 40.7 Å². The molecule has 2 heterocycles. The highest BCUT2D eigenvalue weighted by molar-refractivity contribution is 7.89. The van der Waals surface area contributed by atoms with Gasteiger partial charge in [0.25, 0.3) is 15.9 Å². The lowest BCUT2D eigenvalue weighted by Gasteiger charge is -2.36. The molecule has 2 aromatic rings. The zero-order chi connectivity index (χ0) is 21.3. The van der Waals surface area contributed by atoms with Crippen molar-refractivity contribution in [1.29, 1.82) is 0 Å². The number of nitrogens with two attached hydrogens (primary N) is 1.